The second-order valence-electron chi connectivity index (χ2n) is 5.30. The van der Waals surface area contributed by atoms with Crippen molar-refractivity contribution in [3.63, 3.8) is 0 Å². The van der Waals surface area contributed by atoms with Gasteiger partial charge >= 0.3 is 5.97 Å². The lowest BCUT2D eigenvalue weighted by atomic mass is 9.83. The van der Waals surface area contributed by atoms with Gasteiger partial charge in [0.2, 0.25) is 0 Å². The number of carbonyl (C=O) groups is 1. The van der Waals surface area contributed by atoms with Crippen LogP contribution in [0.1, 0.15) is 37.7 Å². The van der Waals surface area contributed by atoms with Crippen LogP contribution in [-0.2, 0) is 9.53 Å². The van der Waals surface area contributed by atoms with Crippen molar-refractivity contribution in [2.75, 3.05) is 18.5 Å². The van der Waals surface area contributed by atoms with Crippen molar-refractivity contribution >= 4 is 11.7 Å². The number of carbonyl (C=O) groups excluding carboxylic acids is 1. The van der Waals surface area contributed by atoms with Crippen LogP contribution < -0.4 is 5.32 Å². The lowest BCUT2D eigenvalue weighted by Crippen LogP contribution is -2.17. The Morgan fingerprint density at radius 2 is 2.16 bits per heavy atom. The van der Waals surface area contributed by atoms with Crippen LogP contribution in [0.3, 0.4) is 0 Å². The first-order valence-corrected chi connectivity index (χ1v) is 7.21. The van der Waals surface area contributed by atoms with Crippen molar-refractivity contribution in [2.45, 2.75) is 39.0 Å². The average Bonchev–Trinajstić information content (AvgIpc) is 2.35. The number of benzene rings is 1. The van der Waals surface area contributed by atoms with Gasteiger partial charge in [-0.25, -0.2) is 0 Å². The first-order valence-electron chi connectivity index (χ1n) is 7.21. The van der Waals surface area contributed by atoms with Crippen molar-refractivity contribution in [3.05, 3.63) is 29.8 Å². The number of rotatable bonds is 7. The van der Waals surface area contributed by atoms with Gasteiger partial charge in [0, 0.05) is 12.2 Å². The largest absolute Gasteiger partial charge is 0.466 e. The summed E-state index contributed by atoms with van der Waals surface area (Å²) in [5.74, 6) is 0.707. The molecular formula is C16H23NO2. The summed E-state index contributed by atoms with van der Waals surface area (Å²) >= 11 is 0. The summed E-state index contributed by atoms with van der Waals surface area (Å²) < 4.78 is 5.24. The zero-order valence-electron chi connectivity index (χ0n) is 11.7. The molecule has 1 aromatic rings. The second kappa shape index (κ2) is 7.17. The Labute approximate surface area is 115 Å². The SMILES string of the molecule is Cc1ccccc1NCCC(=O)OCCC1CCC1. The van der Waals surface area contributed by atoms with Crippen LogP contribution in [0.4, 0.5) is 5.69 Å². The molecule has 3 nitrogen and oxygen atoms in total. The average molecular weight is 261 g/mol. The summed E-state index contributed by atoms with van der Waals surface area (Å²) in [5.41, 5.74) is 2.28. The number of nitrogens with one attached hydrogen (secondary N) is 1. The van der Waals surface area contributed by atoms with Crippen molar-refractivity contribution in [2.24, 2.45) is 5.92 Å². The molecule has 104 valence electrons. The quantitative estimate of drug-likeness (QED) is 0.763. The Morgan fingerprint density at radius 1 is 1.37 bits per heavy atom. The summed E-state index contributed by atoms with van der Waals surface area (Å²) in [6, 6.07) is 8.08. The number of hydrogen-bond acceptors (Lipinski definition) is 3. The summed E-state index contributed by atoms with van der Waals surface area (Å²) in [7, 11) is 0. The molecule has 1 fully saturated rings. The predicted molar refractivity (Wildman–Crippen MR) is 77.2 cm³/mol. The number of esters is 1. The molecule has 1 saturated carbocycles. The van der Waals surface area contributed by atoms with Crippen LogP contribution in [0.15, 0.2) is 24.3 Å². The molecule has 0 unspecified atom stereocenters. The van der Waals surface area contributed by atoms with E-state index in [2.05, 4.69) is 18.3 Å². The van der Waals surface area contributed by atoms with Gasteiger partial charge < -0.3 is 10.1 Å². The molecule has 0 atom stereocenters. The molecule has 19 heavy (non-hydrogen) atoms. The van der Waals surface area contributed by atoms with E-state index in [0.717, 1.165) is 18.0 Å². The number of ether oxygens (including phenoxy) is 1. The molecule has 2 rings (SSSR count). The van der Waals surface area contributed by atoms with E-state index in [-0.39, 0.29) is 5.97 Å². The molecule has 0 heterocycles. The molecule has 0 aliphatic heterocycles. The lowest BCUT2D eigenvalue weighted by molar-refractivity contribution is -0.143. The Morgan fingerprint density at radius 3 is 2.84 bits per heavy atom. The van der Waals surface area contributed by atoms with Gasteiger partial charge in [0.05, 0.1) is 13.0 Å². The number of anilines is 1. The summed E-state index contributed by atoms with van der Waals surface area (Å²) in [6.07, 6.45) is 5.44. The number of para-hydroxylation sites is 1. The van der Waals surface area contributed by atoms with Crippen molar-refractivity contribution in [1.29, 1.82) is 0 Å². The maximum Gasteiger partial charge on any atom is 0.307 e. The second-order valence-corrected chi connectivity index (χ2v) is 5.30. The number of hydrogen-bond donors (Lipinski definition) is 1. The molecule has 1 aromatic carbocycles. The minimum absolute atomic E-state index is 0.0968. The summed E-state index contributed by atoms with van der Waals surface area (Å²) in [5, 5.41) is 3.26. The number of aryl methyl sites for hydroxylation is 1. The Bertz CT molecular complexity index is 413. The fourth-order valence-corrected chi connectivity index (χ4v) is 2.26. The van der Waals surface area contributed by atoms with Gasteiger partial charge in [-0.3, -0.25) is 4.79 Å². The molecule has 0 bridgehead atoms. The van der Waals surface area contributed by atoms with Crippen LogP contribution in [0.2, 0.25) is 0 Å². The third-order valence-electron chi connectivity index (χ3n) is 3.80. The Kier molecular flexibility index (Phi) is 5.25. The topological polar surface area (TPSA) is 38.3 Å². The van der Waals surface area contributed by atoms with Crippen LogP contribution in [0, 0.1) is 12.8 Å². The van der Waals surface area contributed by atoms with Crippen molar-refractivity contribution in [1.82, 2.24) is 0 Å². The zero-order valence-corrected chi connectivity index (χ0v) is 11.7. The third kappa shape index (κ3) is 4.58. The first-order chi connectivity index (χ1) is 9.25. The van der Waals surface area contributed by atoms with Crippen LogP contribution >= 0.6 is 0 Å². The van der Waals surface area contributed by atoms with E-state index in [1.54, 1.807) is 0 Å². The highest BCUT2D eigenvalue weighted by Crippen LogP contribution is 2.29. The molecule has 1 aliphatic carbocycles. The minimum Gasteiger partial charge on any atom is -0.466 e. The van der Waals surface area contributed by atoms with Gasteiger partial charge in [0.1, 0.15) is 0 Å². The Hall–Kier alpha value is -1.51. The molecule has 3 heteroatoms. The highest BCUT2D eigenvalue weighted by molar-refractivity contribution is 5.70. The molecule has 0 amide bonds. The maximum absolute atomic E-state index is 11.5. The normalized spacial score (nSPS) is 14.8. The lowest BCUT2D eigenvalue weighted by Gasteiger charge is -2.24. The molecule has 0 spiro atoms. The molecule has 1 aliphatic rings. The van der Waals surface area contributed by atoms with E-state index in [1.807, 2.05) is 18.2 Å². The van der Waals surface area contributed by atoms with E-state index >= 15 is 0 Å². The maximum atomic E-state index is 11.5. The van der Waals surface area contributed by atoms with E-state index < -0.39 is 0 Å². The van der Waals surface area contributed by atoms with Gasteiger partial charge in [-0.05, 0) is 30.9 Å². The summed E-state index contributed by atoms with van der Waals surface area (Å²) in [6.45, 7) is 3.28. The molecule has 0 radical (unpaired) electrons. The van der Waals surface area contributed by atoms with Crippen molar-refractivity contribution < 1.29 is 9.53 Å². The van der Waals surface area contributed by atoms with Crippen molar-refractivity contribution in [3.8, 4) is 0 Å². The first kappa shape index (κ1) is 13.9. The van der Waals surface area contributed by atoms with Crippen LogP contribution in [-0.4, -0.2) is 19.1 Å². The van der Waals surface area contributed by atoms with Gasteiger partial charge in [-0.15, -0.1) is 0 Å². The van der Waals surface area contributed by atoms with E-state index in [0.29, 0.717) is 19.6 Å². The monoisotopic (exact) mass is 261 g/mol. The van der Waals surface area contributed by atoms with E-state index in [4.69, 9.17) is 4.74 Å². The minimum atomic E-state index is -0.0968. The fourth-order valence-electron chi connectivity index (χ4n) is 2.26. The fraction of sp³-hybridized carbons (Fsp3) is 0.562. The van der Waals surface area contributed by atoms with E-state index in [9.17, 15) is 4.79 Å². The van der Waals surface area contributed by atoms with Gasteiger partial charge in [-0.2, -0.15) is 0 Å². The molecule has 0 aromatic heterocycles. The van der Waals surface area contributed by atoms with Gasteiger partial charge in [0.25, 0.3) is 0 Å². The molecular weight excluding hydrogens is 238 g/mol. The highest BCUT2D eigenvalue weighted by atomic mass is 16.5. The molecule has 1 N–H and O–H groups in total. The Balaban J connectivity index is 1.57. The highest BCUT2D eigenvalue weighted by Gasteiger charge is 2.17. The smallest absolute Gasteiger partial charge is 0.307 e. The van der Waals surface area contributed by atoms with Crippen LogP contribution in [0.25, 0.3) is 0 Å². The standard InChI is InChI=1S/C16H23NO2/c1-13-5-2-3-8-15(13)17-11-9-16(18)19-12-10-14-6-4-7-14/h2-3,5,8,14,17H,4,6-7,9-12H2,1H3. The molecule has 0 saturated heterocycles. The van der Waals surface area contributed by atoms with Crippen LogP contribution in [0.5, 0.6) is 0 Å². The van der Waals surface area contributed by atoms with Gasteiger partial charge in [0.15, 0.2) is 0 Å². The summed E-state index contributed by atoms with van der Waals surface area (Å²) in [4.78, 5) is 11.5. The van der Waals surface area contributed by atoms with E-state index in [1.165, 1.54) is 24.8 Å². The van der Waals surface area contributed by atoms with Gasteiger partial charge in [-0.1, -0.05) is 37.5 Å². The predicted octanol–water partition coefficient (Wildman–Crippen LogP) is 3.53. The zero-order chi connectivity index (χ0) is 13.5. The third-order valence-corrected chi connectivity index (χ3v) is 3.80.